The van der Waals surface area contributed by atoms with E-state index in [1.54, 1.807) is 7.11 Å². The topological polar surface area (TPSA) is 47.1 Å². The molecule has 0 saturated carbocycles. The molecule has 4 heteroatoms. The molecular weight excluding hydrogens is 204 g/mol. The number of fused-ring (bicyclic) bond motifs is 1. The van der Waals surface area contributed by atoms with Crippen LogP contribution in [0.5, 0.6) is 0 Å². The summed E-state index contributed by atoms with van der Waals surface area (Å²) >= 11 is 0. The maximum absolute atomic E-state index is 5.45. The van der Waals surface area contributed by atoms with Crippen LogP contribution in [0.4, 0.5) is 0 Å². The van der Waals surface area contributed by atoms with Gasteiger partial charge in [0.15, 0.2) is 0 Å². The first-order chi connectivity index (χ1) is 7.81. The van der Waals surface area contributed by atoms with Crippen LogP contribution in [0.3, 0.4) is 0 Å². The van der Waals surface area contributed by atoms with E-state index in [0.717, 1.165) is 12.2 Å². The van der Waals surface area contributed by atoms with Crippen molar-refractivity contribution in [2.45, 2.75) is 38.7 Å². The first-order valence-electron chi connectivity index (χ1n) is 5.95. The number of aryl methyl sites for hydroxylation is 1. The quantitative estimate of drug-likeness (QED) is 0.778. The van der Waals surface area contributed by atoms with Crippen LogP contribution in [0.1, 0.15) is 42.9 Å². The highest BCUT2D eigenvalue weighted by molar-refractivity contribution is 5.21. The van der Waals surface area contributed by atoms with E-state index in [-0.39, 0.29) is 0 Å². The second-order valence-electron chi connectivity index (χ2n) is 4.39. The molecule has 0 saturated heterocycles. The Morgan fingerprint density at radius 1 is 1.44 bits per heavy atom. The van der Waals surface area contributed by atoms with Gasteiger partial charge in [-0.1, -0.05) is 6.92 Å². The van der Waals surface area contributed by atoms with E-state index in [1.165, 1.54) is 24.2 Å². The average Bonchev–Trinajstić information content (AvgIpc) is 2.69. The average molecular weight is 224 g/mol. The third-order valence-corrected chi connectivity index (χ3v) is 3.06. The van der Waals surface area contributed by atoms with Gasteiger partial charge in [-0.3, -0.25) is 0 Å². The van der Waals surface area contributed by atoms with Crippen LogP contribution in [0.25, 0.3) is 0 Å². The van der Waals surface area contributed by atoms with Gasteiger partial charge in [0.05, 0.1) is 18.9 Å². The van der Waals surface area contributed by atoms with Crippen molar-refractivity contribution < 1.29 is 9.47 Å². The number of nitrogens with one attached hydrogen (secondary N) is 1. The zero-order chi connectivity index (χ0) is 11.4. The number of aromatic nitrogens is 2. The fourth-order valence-corrected chi connectivity index (χ4v) is 2.18. The molecule has 0 fully saturated rings. The molecule has 1 aliphatic carbocycles. The lowest BCUT2D eigenvalue weighted by atomic mass is 9.92. The molecule has 0 aromatic carbocycles. The van der Waals surface area contributed by atoms with Crippen LogP contribution < -0.4 is 0 Å². The van der Waals surface area contributed by atoms with Crippen LogP contribution in [0, 0.1) is 0 Å². The van der Waals surface area contributed by atoms with Gasteiger partial charge in [0, 0.05) is 18.7 Å². The maximum atomic E-state index is 5.45. The fraction of sp³-hybridized carbons (Fsp3) is 0.750. The molecule has 1 unspecified atom stereocenters. The van der Waals surface area contributed by atoms with Gasteiger partial charge >= 0.3 is 0 Å². The molecule has 4 nitrogen and oxygen atoms in total. The van der Waals surface area contributed by atoms with Gasteiger partial charge in [0.1, 0.15) is 12.4 Å². The standard InChI is InChI=1S/C12H20N2O2/c1-9-4-3-5-10-12(9)14-11(13-10)8-16-7-6-15-2/h9H,3-8H2,1-2H3,(H,13,14). The minimum Gasteiger partial charge on any atom is -0.382 e. The number of rotatable bonds is 5. The number of methoxy groups -OCH3 is 1. The van der Waals surface area contributed by atoms with E-state index >= 15 is 0 Å². The Morgan fingerprint density at radius 3 is 3.06 bits per heavy atom. The zero-order valence-electron chi connectivity index (χ0n) is 10.1. The molecule has 0 aliphatic heterocycles. The highest BCUT2D eigenvalue weighted by Gasteiger charge is 2.20. The van der Waals surface area contributed by atoms with Crippen LogP contribution in [0.15, 0.2) is 0 Å². The second kappa shape index (κ2) is 5.46. The monoisotopic (exact) mass is 224 g/mol. The van der Waals surface area contributed by atoms with E-state index in [9.17, 15) is 0 Å². The van der Waals surface area contributed by atoms with Crippen LogP contribution in [-0.2, 0) is 22.5 Å². The van der Waals surface area contributed by atoms with E-state index in [0.29, 0.717) is 25.7 Å². The lowest BCUT2D eigenvalue weighted by Gasteiger charge is -2.15. The van der Waals surface area contributed by atoms with Crippen LogP contribution >= 0.6 is 0 Å². The highest BCUT2D eigenvalue weighted by Crippen LogP contribution is 2.29. The first kappa shape index (κ1) is 11.6. The predicted octanol–water partition coefficient (Wildman–Crippen LogP) is 2.01. The van der Waals surface area contributed by atoms with E-state index in [4.69, 9.17) is 9.47 Å². The summed E-state index contributed by atoms with van der Waals surface area (Å²) in [5.41, 5.74) is 2.56. The van der Waals surface area contributed by atoms with E-state index < -0.39 is 0 Å². The molecule has 1 heterocycles. The molecule has 1 aliphatic rings. The Morgan fingerprint density at radius 2 is 2.31 bits per heavy atom. The van der Waals surface area contributed by atoms with Crippen molar-refractivity contribution in [3.05, 3.63) is 17.2 Å². The lowest BCUT2D eigenvalue weighted by molar-refractivity contribution is 0.0588. The van der Waals surface area contributed by atoms with Gasteiger partial charge in [-0.05, 0) is 19.3 Å². The molecule has 0 radical (unpaired) electrons. The third-order valence-electron chi connectivity index (χ3n) is 3.06. The number of H-pyrrole nitrogens is 1. The van der Waals surface area contributed by atoms with Crippen LogP contribution in [-0.4, -0.2) is 30.3 Å². The summed E-state index contributed by atoms with van der Waals surface area (Å²) in [7, 11) is 1.68. The number of nitrogens with zero attached hydrogens (tertiary/aromatic N) is 1. The first-order valence-corrected chi connectivity index (χ1v) is 5.95. The van der Waals surface area contributed by atoms with Crippen molar-refractivity contribution in [2.24, 2.45) is 0 Å². The summed E-state index contributed by atoms with van der Waals surface area (Å²) in [5.74, 6) is 1.54. The largest absolute Gasteiger partial charge is 0.382 e. The molecule has 1 N–H and O–H groups in total. The molecule has 2 rings (SSSR count). The molecule has 16 heavy (non-hydrogen) atoms. The highest BCUT2D eigenvalue weighted by atomic mass is 16.5. The van der Waals surface area contributed by atoms with E-state index in [1.807, 2.05) is 0 Å². The Kier molecular flexibility index (Phi) is 3.96. The Hall–Kier alpha value is -0.870. The van der Waals surface area contributed by atoms with Crippen molar-refractivity contribution in [3.63, 3.8) is 0 Å². The maximum Gasteiger partial charge on any atom is 0.132 e. The summed E-state index contributed by atoms with van der Waals surface area (Å²) in [4.78, 5) is 7.97. The summed E-state index contributed by atoms with van der Waals surface area (Å²) in [6.45, 7) is 4.06. The summed E-state index contributed by atoms with van der Waals surface area (Å²) in [6, 6.07) is 0. The number of aromatic amines is 1. The van der Waals surface area contributed by atoms with Gasteiger partial charge in [-0.25, -0.2) is 4.98 Å². The number of hydrogen-bond donors (Lipinski definition) is 1. The van der Waals surface area contributed by atoms with Gasteiger partial charge < -0.3 is 14.5 Å². The Balaban J connectivity index is 1.91. The van der Waals surface area contributed by atoms with Gasteiger partial charge in [-0.2, -0.15) is 0 Å². The van der Waals surface area contributed by atoms with Gasteiger partial charge in [0.25, 0.3) is 0 Å². The van der Waals surface area contributed by atoms with Gasteiger partial charge in [0.2, 0.25) is 0 Å². The van der Waals surface area contributed by atoms with Crippen molar-refractivity contribution in [3.8, 4) is 0 Å². The number of ether oxygens (including phenoxy) is 2. The molecule has 0 bridgehead atoms. The smallest absolute Gasteiger partial charge is 0.132 e. The lowest BCUT2D eigenvalue weighted by Crippen LogP contribution is -2.05. The second-order valence-corrected chi connectivity index (χ2v) is 4.39. The van der Waals surface area contributed by atoms with Crippen molar-refractivity contribution >= 4 is 0 Å². The minimum absolute atomic E-state index is 0.559. The zero-order valence-corrected chi connectivity index (χ0v) is 10.1. The molecular formula is C12H20N2O2. The predicted molar refractivity (Wildman–Crippen MR) is 61.5 cm³/mol. The fourth-order valence-electron chi connectivity index (χ4n) is 2.18. The molecule has 90 valence electrons. The van der Waals surface area contributed by atoms with Crippen molar-refractivity contribution in [1.82, 2.24) is 9.97 Å². The number of hydrogen-bond acceptors (Lipinski definition) is 3. The molecule has 1 aromatic heterocycles. The molecule has 0 spiro atoms. The van der Waals surface area contributed by atoms with Crippen molar-refractivity contribution in [1.29, 1.82) is 0 Å². The Bertz CT molecular complexity index is 336. The Labute approximate surface area is 96.4 Å². The summed E-state index contributed by atoms with van der Waals surface area (Å²) in [5, 5.41) is 0. The normalized spacial score (nSPS) is 19.8. The van der Waals surface area contributed by atoms with Gasteiger partial charge in [-0.15, -0.1) is 0 Å². The minimum atomic E-state index is 0.559. The van der Waals surface area contributed by atoms with Crippen LogP contribution in [0.2, 0.25) is 0 Å². The van der Waals surface area contributed by atoms with Crippen molar-refractivity contribution in [2.75, 3.05) is 20.3 Å². The SMILES string of the molecule is COCCOCc1nc2c([nH]1)CCCC2C. The third kappa shape index (κ3) is 2.62. The molecule has 1 atom stereocenters. The summed E-state index contributed by atoms with van der Waals surface area (Å²) in [6.07, 6.45) is 3.65. The molecule has 1 aromatic rings. The number of imidazole rings is 1. The van der Waals surface area contributed by atoms with E-state index in [2.05, 4.69) is 16.9 Å². The molecule has 0 amide bonds. The summed E-state index contributed by atoms with van der Waals surface area (Å²) < 4.78 is 10.4.